The van der Waals surface area contributed by atoms with Crippen molar-refractivity contribution in [3.8, 4) is 0 Å². The molecule has 0 aliphatic rings. The second kappa shape index (κ2) is 6.50. The highest BCUT2D eigenvalue weighted by molar-refractivity contribution is 5.76. The lowest BCUT2D eigenvalue weighted by Crippen LogP contribution is -2.40. The van der Waals surface area contributed by atoms with Gasteiger partial charge in [0.25, 0.3) is 0 Å². The van der Waals surface area contributed by atoms with Crippen molar-refractivity contribution in [3.63, 3.8) is 0 Å². The zero-order chi connectivity index (χ0) is 13.6. The Kier molecular flexibility index (Phi) is 5.28. The average Bonchev–Trinajstić information content (AvgIpc) is 2.29. The van der Waals surface area contributed by atoms with Crippen LogP contribution in [0.5, 0.6) is 0 Å². The summed E-state index contributed by atoms with van der Waals surface area (Å²) in [6.45, 7) is 6.75. The van der Waals surface area contributed by atoms with Crippen LogP contribution in [0.25, 0.3) is 0 Å². The Bertz CT molecular complexity index is 370. The van der Waals surface area contributed by atoms with E-state index in [9.17, 15) is 4.79 Å². The van der Waals surface area contributed by atoms with E-state index in [4.69, 9.17) is 5.73 Å². The maximum atomic E-state index is 11.7. The number of carbonyl (C=O) groups excluding carboxylic acids is 1. The lowest BCUT2D eigenvalue weighted by atomic mass is 9.85. The van der Waals surface area contributed by atoms with Crippen LogP contribution in [-0.2, 0) is 11.2 Å². The molecule has 1 aromatic heterocycles. The molecule has 1 amide bonds. The topological polar surface area (TPSA) is 68.0 Å². The third kappa shape index (κ3) is 5.27. The molecule has 1 heterocycles. The van der Waals surface area contributed by atoms with Crippen LogP contribution in [0.3, 0.4) is 0 Å². The first kappa shape index (κ1) is 14.6. The minimum Gasteiger partial charge on any atom is -0.356 e. The van der Waals surface area contributed by atoms with E-state index in [1.54, 1.807) is 6.20 Å². The smallest absolute Gasteiger partial charge is 0.221 e. The van der Waals surface area contributed by atoms with E-state index in [2.05, 4.69) is 10.3 Å². The molecule has 0 aromatic carbocycles. The molecule has 0 aliphatic heterocycles. The number of amides is 1. The molecule has 0 radical (unpaired) electrons. The summed E-state index contributed by atoms with van der Waals surface area (Å²) in [5, 5.41) is 2.89. The van der Waals surface area contributed by atoms with Gasteiger partial charge in [0.05, 0.1) is 0 Å². The fraction of sp³-hybridized carbons (Fsp3) is 0.571. The molecule has 0 spiro atoms. The SMILES string of the molecule is CC(C)(C)C(N)CC(=O)NCCc1cccnc1. The van der Waals surface area contributed by atoms with Gasteiger partial charge in [-0.1, -0.05) is 26.8 Å². The highest BCUT2D eigenvalue weighted by Gasteiger charge is 2.22. The molecule has 1 rings (SSSR count). The van der Waals surface area contributed by atoms with E-state index in [1.165, 1.54) is 0 Å². The molecular weight excluding hydrogens is 226 g/mol. The van der Waals surface area contributed by atoms with Crippen molar-refractivity contribution in [2.45, 2.75) is 39.7 Å². The highest BCUT2D eigenvalue weighted by Crippen LogP contribution is 2.19. The number of hydrogen-bond acceptors (Lipinski definition) is 3. The molecular formula is C14H23N3O. The van der Waals surface area contributed by atoms with Gasteiger partial charge in [-0.2, -0.15) is 0 Å². The normalized spacial score (nSPS) is 13.1. The van der Waals surface area contributed by atoms with Crippen LogP contribution >= 0.6 is 0 Å². The predicted octanol–water partition coefficient (Wildman–Crippen LogP) is 1.50. The molecule has 4 nitrogen and oxygen atoms in total. The Hall–Kier alpha value is -1.42. The van der Waals surface area contributed by atoms with Crippen LogP contribution < -0.4 is 11.1 Å². The molecule has 0 saturated heterocycles. The van der Waals surface area contributed by atoms with Gasteiger partial charge in [-0.3, -0.25) is 9.78 Å². The van der Waals surface area contributed by atoms with E-state index in [0.29, 0.717) is 13.0 Å². The molecule has 100 valence electrons. The largest absolute Gasteiger partial charge is 0.356 e. The van der Waals surface area contributed by atoms with Crippen LogP contribution in [0.2, 0.25) is 0 Å². The van der Waals surface area contributed by atoms with Crippen molar-refractivity contribution < 1.29 is 4.79 Å². The van der Waals surface area contributed by atoms with Gasteiger partial charge in [0.15, 0.2) is 0 Å². The maximum absolute atomic E-state index is 11.7. The van der Waals surface area contributed by atoms with Crippen LogP contribution in [0.1, 0.15) is 32.8 Å². The molecule has 1 unspecified atom stereocenters. The van der Waals surface area contributed by atoms with E-state index >= 15 is 0 Å². The summed E-state index contributed by atoms with van der Waals surface area (Å²) in [5.74, 6) is 0.0151. The van der Waals surface area contributed by atoms with Gasteiger partial charge in [-0.25, -0.2) is 0 Å². The number of hydrogen-bond donors (Lipinski definition) is 2. The lowest BCUT2D eigenvalue weighted by molar-refractivity contribution is -0.121. The van der Waals surface area contributed by atoms with Crippen molar-refractivity contribution in [1.82, 2.24) is 10.3 Å². The Balaban J connectivity index is 2.26. The number of pyridine rings is 1. The second-order valence-corrected chi connectivity index (χ2v) is 5.64. The fourth-order valence-corrected chi connectivity index (χ4v) is 1.47. The Morgan fingerprint density at radius 1 is 1.50 bits per heavy atom. The third-order valence-corrected chi connectivity index (χ3v) is 2.98. The number of aromatic nitrogens is 1. The first-order chi connectivity index (χ1) is 8.39. The summed E-state index contributed by atoms with van der Waals surface area (Å²) >= 11 is 0. The van der Waals surface area contributed by atoms with Gasteiger partial charge in [-0.05, 0) is 23.5 Å². The maximum Gasteiger partial charge on any atom is 0.221 e. The van der Waals surface area contributed by atoms with E-state index in [-0.39, 0.29) is 17.4 Å². The summed E-state index contributed by atoms with van der Waals surface area (Å²) < 4.78 is 0. The van der Waals surface area contributed by atoms with Gasteiger partial charge in [0.2, 0.25) is 5.91 Å². The fourth-order valence-electron chi connectivity index (χ4n) is 1.47. The minimum atomic E-state index is -0.115. The molecule has 0 fully saturated rings. The van der Waals surface area contributed by atoms with Crippen molar-refractivity contribution in [2.24, 2.45) is 11.1 Å². The summed E-state index contributed by atoms with van der Waals surface area (Å²) in [5.41, 5.74) is 7.05. The summed E-state index contributed by atoms with van der Waals surface area (Å²) in [7, 11) is 0. The monoisotopic (exact) mass is 249 g/mol. The highest BCUT2D eigenvalue weighted by atomic mass is 16.1. The third-order valence-electron chi connectivity index (χ3n) is 2.98. The van der Waals surface area contributed by atoms with Gasteiger partial charge in [0.1, 0.15) is 0 Å². The number of carbonyl (C=O) groups is 1. The van der Waals surface area contributed by atoms with Crippen LogP contribution in [-0.4, -0.2) is 23.5 Å². The first-order valence-corrected chi connectivity index (χ1v) is 6.31. The summed E-state index contributed by atoms with van der Waals surface area (Å²) in [4.78, 5) is 15.7. The number of nitrogens with zero attached hydrogens (tertiary/aromatic N) is 1. The van der Waals surface area contributed by atoms with Gasteiger partial charge in [0, 0.05) is 31.4 Å². The van der Waals surface area contributed by atoms with E-state index in [0.717, 1.165) is 12.0 Å². The number of rotatable bonds is 5. The standard InChI is InChI=1S/C14H23N3O/c1-14(2,3)12(15)9-13(18)17-8-6-11-5-4-7-16-10-11/h4-5,7,10,12H,6,8-9,15H2,1-3H3,(H,17,18). The van der Waals surface area contributed by atoms with Crippen molar-refractivity contribution in [3.05, 3.63) is 30.1 Å². The van der Waals surface area contributed by atoms with Crippen LogP contribution in [0, 0.1) is 5.41 Å². The Morgan fingerprint density at radius 3 is 2.78 bits per heavy atom. The average molecular weight is 249 g/mol. The summed E-state index contributed by atoms with van der Waals surface area (Å²) in [6, 6.07) is 3.78. The first-order valence-electron chi connectivity index (χ1n) is 6.31. The van der Waals surface area contributed by atoms with Crippen molar-refractivity contribution >= 4 is 5.91 Å². The van der Waals surface area contributed by atoms with Crippen LogP contribution in [0.15, 0.2) is 24.5 Å². The zero-order valence-corrected chi connectivity index (χ0v) is 11.4. The van der Waals surface area contributed by atoms with Gasteiger partial charge >= 0.3 is 0 Å². The number of nitrogens with one attached hydrogen (secondary N) is 1. The lowest BCUT2D eigenvalue weighted by Gasteiger charge is -2.26. The molecule has 4 heteroatoms. The zero-order valence-electron chi connectivity index (χ0n) is 11.4. The van der Waals surface area contributed by atoms with E-state index in [1.807, 2.05) is 39.1 Å². The Labute approximate surface area is 109 Å². The predicted molar refractivity (Wildman–Crippen MR) is 73.0 cm³/mol. The molecule has 1 aromatic rings. The minimum absolute atomic E-state index is 0.0151. The van der Waals surface area contributed by atoms with E-state index < -0.39 is 0 Å². The summed E-state index contributed by atoms with van der Waals surface area (Å²) in [6.07, 6.45) is 4.72. The number of nitrogens with two attached hydrogens (primary N) is 1. The second-order valence-electron chi connectivity index (χ2n) is 5.64. The molecule has 18 heavy (non-hydrogen) atoms. The molecule has 3 N–H and O–H groups in total. The van der Waals surface area contributed by atoms with Crippen LogP contribution in [0.4, 0.5) is 0 Å². The molecule has 0 aliphatic carbocycles. The van der Waals surface area contributed by atoms with Gasteiger partial charge < -0.3 is 11.1 Å². The Morgan fingerprint density at radius 2 is 2.22 bits per heavy atom. The van der Waals surface area contributed by atoms with Crippen molar-refractivity contribution in [2.75, 3.05) is 6.54 Å². The molecule has 1 atom stereocenters. The quantitative estimate of drug-likeness (QED) is 0.831. The van der Waals surface area contributed by atoms with Gasteiger partial charge in [-0.15, -0.1) is 0 Å². The van der Waals surface area contributed by atoms with Crippen molar-refractivity contribution in [1.29, 1.82) is 0 Å². The molecule has 0 bridgehead atoms. The molecule has 0 saturated carbocycles.